The molecule has 0 atom stereocenters. The topological polar surface area (TPSA) is 9.23 Å². The predicted molar refractivity (Wildman–Crippen MR) is 90.5 cm³/mol. The average molecular weight is 286 g/mol. The molecule has 0 radical (unpaired) electrons. The van der Waals surface area contributed by atoms with Crippen molar-refractivity contribution < 1.29 is 4.74 Å². The molecule has 0 heterocycles. The lowest BCUT2D eigenvalue weighted by Gasteiger charge is -2.28. The number of hydrogen-bond acceptors (Lipinski definition) is 1. The molecular formula is C20H30O. The van der Waals surface area contributed by atoms with Gasteiger partial charge in [0, 0.05) is 6.61 Å². The minimum absolute atomic E-state index is 0.756. The Hall–Kier alpha value is -1.08. The Labute approximate surface area is 130 Å². The molecule has 2 rings (SSSR count). The summed E-state index contributed by atoms with van der Waals surface area (Å²) < 4.78 is 5.68. The Morgan fingerprint density at radius 1 is 1.14 bits per heavy atom. The standard InChI is InChI=1S/C20H30O/c1-3-5-15-21-16-18-9-13-20(14-10-18)19-11-7-17(6-4-2)8-12-19/h4,9-10,13-14,17,19H,2-3,5-8,11-12,15-16H2,1H3. The zero-order chi connectivity index (χ0) is 14.9. The minimum atomic E-state index is 0.756. The van der Waals surface area contributed by atoms with Gasteiger partial charge in [0.2, 0.25) is 0 Å². The fourth-order valence-electron chi connectivity index (χ4n) is 3.29. The van der Waals surface area contributed by atoms with E-state index in [9.17, 15) is 0 Å². The Balaban J connectivity index is 1.78. The van der Waals surface area contributed by atoms with Crippen molar-refractivity contribution >= 4 is 0 Å². The molecule has 0 aromatic heterocycles. The zero-order valence-electron chi connectivity index (χ0n) is 13.5. The van der Waals surface area contributed by atoms with E-state index >= 15 is 0 Å². The molecule has 1 fully saturated rings. The number of allylic oxidation sites excluding steroid dienone is 1. The van der Waals surface area contributed by atoms with Crippen LogP contribution in [0.4, 0.5) is 0 Å². The highest BCUT2D eigenvalue weighted by Crippen LogP contribution is 2.37. The third-order valence-corrected chi connectivity index (χ3v) is 4.71. The van der Waals surface area contributed by atoms with Crippen LogP contribution in [-0.2, 0) is 11.3 Å². The van der Waals surface area contributed by atoms with Crippen molar-refractivity contribution in [3.63, 3.8) is 0 Å². The Bertz CT molecular complexity index is 398. The van der Waals surface area contributed by atoms with Crippen LogP contribution in [-0.4, -0.2) is 6.61 Å². The molecule has 1 aliphatic carbocycles. The summed E-state index contributed by atoms with van der Waals surface area (Å²) in [6.45, 7) is 7.70. The van der Waals surface area contributed by atoms with Gasteiger partial charge in [-0.1, -0.05) is 43.7 Å². The van der Waals surface area contributed by atoms with Crippen LogP contribution in [0.25, 0.3) is 0 Å². The van der Waals surface area contributed by atoms with Crippen LogP contribution in [0.5, 0.6) is 0 Å². The smallest absolute Gasteiger partial charge is 0.0716 e. The quantitative estimate of drug-likeness (QED) is 0.430. The van der Waals surface area contributed by atoms with Gasteiger partial charge in [-0.15, -0.1) is 6.58 Å². The van der Waals surface area contributed by atoms with E-state index in [0.717, 1.165) is 31.5 Å². The molecule has 0 saturated heterocycles. The normalized spacial score (nSPS) is 22.1. The third kappa shape index (κ3) is 5.32. The molecule has 0 N–H and O–H groups in total. The van der Waals surface area contributed by atoms with Gasteiger partial charge in [-0.25, -0.2) is 0 Å². The summed E-state index contributed by atoms with van der Waals surface area (Å²) >= 11 is 0. The van der Waals surface area contributed by atoms with Gasteiger partial charge in [-0.2, -0.15) is 0 Å². The van der Waals surface area contributed by atoms with E-state index in [2.05, 4.69) is 43.8 Å². The lowest BCUT2D eigenvalue weighted by Crippen LogP contribution is -2.12. The zero-order valence-corrected chi connectivity index (χ0v) is 13.5. The van der Waals surface area contributed by atoms with E-state index in [1.165, 1.54) is 49.7 Å². The summed E-state index contributed by atoms with van der Waals surface area (Å²) in [6.07, 6.45) is 11.0. The predicted octanol–water partition coefficient (Wildman–Crippen LogP) is 5.85. The first-order chi connectivity index (χ1) is 10.3. The minimum Gasteiger partial charge on any atom is -0.377 e. The number of ether oxygens (including phenoxy) is 1. The van der Waals surface area contributed by atoms with Gasteiger partial charge in [-0.05, 0) is 61.5 Å². The van der Waals surface area contributed by atoms with Crippen LogP contribution in [0.3, 0.4) is 0 Å². The fraction of sp³-hybridized carbons (Fsp3) is 0.600. The number of unbranched alkanes of at least 4 members (excludes halogenated alkanes) is 1. The molecule has 1 saturated carbocycles. The molecule has 0 bridgehead atoms. The second-order valence-corrected chi connectivity index (χ2v) is 6.39. The lowest BCUT2D eigenvalue weighted by atomic mass is 9.77. The molecule has 1 aromatic rings. The van der Waals surface area contributed by atoms with E-state index in [-0.39, 0.29) is 0 Å². The van der Waals surface area contributed by atoms with Crippen molar-refractivity contribution in [1.29, 1.82) is 0 Å². The summed E-state index contributed by atoms with van der Waals surface area (Å²) in [5.41, 5.74) is 2.82. The first-order valence-electron chi connectivity index (χ1n) is 8.61. The van der Waals surface area contributed by atoms with E-state index in [4.69, 9.17) is 4.74 Å². The summed E-state index contributed by atoms with van der Waals surface area (Å²) in [7, 11) is 0. The molecule has 1 aliphatic rings. The molecule has 0 aliphatic heterocycles. The van der Waals surface area contributed by atoms with E-state index in [1.54, 1.807) is 0 Å². The third-order valence-electron chi connectivity index (χ3n) is 4.71. The lowest BCUT2D eigenvalue weighted by molar-refractivity contribution is 0.118. The van der Waals surface area contributed by atoms with Crippen molar-refractivity contribution in [2.45, 2.75) is 64.4 Å². The Morgan fingerprint density at radius 2 is 1.86 bits per heavy atom. The Kier molecular flexibility index (Phi) is 7.02. The van der Waals surface area contributed by atoms with Crippen LogP contribution >= 0.6 is 0 Å². The van der Waals surface area contributed by atoms with Crippen LogP contribution in [0.15, 0.2) is 36.9 Å². The molecule has 0 spiro atoms. The fourth-order valence-corrected chi connectivity index (χ4v) is 3.29. The Morgan fingerprint density at radius 3 is 2.48 bits per heavy atom. The van der Waals surface area contributed by atoms with Gasteiger partial charge in [0.15, 0.2) is 0 Å². The van der Waals surface area contributed by atoms with Gasteiger partial charge in [0.25, 0.3) is 0 Å². The van der Waals surface area contributed by atoms with Gasteiger partial charge < -0.3 is 4.74 Å². The largest absolute Gasteiger partial charge is 0.377 e. The van der Waals surface area contributed by atoms with E-state index in [1.807, 2.05) is 0 Å². The second-order valence-electron chi connectivity index (χ2n) is 6.39. The van der Waals surface area contributed by atoms with Gasteiger partial charge >= 0.3 is 0 Å². The highest BCUT2D eigenvalue weighted by atomic mass is 16.5. The summed E-state index contributed by atoms with van der Waals surface area (Å²) in [5.74, 6) is 1.64. The first-order valence-corrected chi connectivity index (χ1v) is 8.61. The maximum absolute atomic E-state index is 5.68. The maximum Gasteiger partial charge on any atom is 0.0716 e. The van der Waals surface area contributed by atoms with Crippen molar-refractivity contribution in [2.24, 2.45) is 5.92 Å². The van der Waals surface area contributed by atoms with Crippen molar-refractivity contribution in [1.82, 2.24) is 0 Å². The van der Waals surface area contributed by atoms with Crippen molar-refractivity contribution in [3.05, 3.63) is 48.0 Å². The van der Waals surface area contributed by atoms with Crippen molar-refractivity contribution in [3.8, 4) is 0 Å². The molecule has 0 amide bonds. The molecule has 21 heavy (non-hydrogen) atoms. The summed E-state index contributed by atoms with van der Waals surface area (Å²) in [6, 6.07) is 9.13. The monoisotopic (exact) mass is 286 g/mol. The molecular weight excluding hydrogens is 256 g/mol. The molecule has 1 heteroatoms. The highest BCUT2D eigenvalue weighted by Gasteiger charge is 2.21. The van der Waals surface area contributed by atoms with Crippen LogP contribution in [0.2, 0.25) is 0 Å². The van der Waals surface area contributed by atoms with Crippen molar-refractivity contribution in [2.75, 3.05) is 6.61 Å². The number of benzene rings is 1. The highest BCUT2D eigenvalue weighted by molar-refractivity contribution is 5.25. The molecule has 0 unspecified atom stereocenters. The van der Waals surface area contributed by atoms with Gasteiger partial charge in [0.1, 0.15) is 0 Å². The SMILES string of the molecule is C=CCC1CCC(c2ccc(COCCCC)cc2)CC1. The van der Waals surface area contributed by atoms with E-state index in [0.29, 0.717) is 0 Å². The number of rotatable bonds is 8. The molecule has 1 nitrogen and oxygen atoms in total. The average Bonchev–Trinajstić information content (AvgIpc) is 2.53. The van der Waals surface area contributed by atoms with Crippen LogP contribution in [0, 0.1) is 5.92 Å². The second kappa shape index (κ2) is 9.04. The summed E-state index contributed by atoms with van der Waals surface area (Å²) in [5, 5.41) is 0. The summed E-state index contributed by atoms with van der Waals surface area (Å²) in [4.78, 5) is 0. The van der Waals surface area contributed by atoms with Crippen LogP contribution in [0.1, 0.15) is 68.9 Å². The molecule has 1 aromatic carbocycles. The number of hydrogen-bond donors (Lipinski definition) is 0. The molecule has 116 valence electrons. The maximum atomic E-state index is 5.68. The van der Waals surface area contributed by atoms with Gasteiger partial charge in [0.05, 0.1) is 6.61 Å². The van der Waals surface area contributed by atoms with E-state index < -0.39 is 0 Å². The van der Waals surface area contributed by atoms with Gasteiger partial charge in [-0.3, -0.25) is 0 Å². The first kappa shape index (κ1) is 16.3. The van der Waals surface area contributed by atoms with Crippen LogP contribution < -0.4 is 0 Å².